The first-order chi connectivity index (χ1) is 9.36. The second-order valence-corrected chi connectivity index (χ2v) is 5.36. The smallest absolute Gasteiger partial charge is 0.307 e. The number of anilines is 1. The van der Waals surface area contributed by atoms with Gasteiger partial charge in [-0.1, -0.05) is 15.9 Å². The topological polar surface area (TPSA) is 72.6 Å². The third-order valence-electron chi connectivity index (χ3n) is 2.95. The molecule has 1 amide bonds. The van der Waals surface area contributed by atoms with Crippen LogP contribution < -0.4 is 5.73 Å². The maximum atomic E-state index is 12.3. The van der Waals surface area contributed by atoms with Crippen LogP contribution in [0.1, 0.15) is 29.3 Å². The Kier molecular flexibility index (Phi) is 6.01. The standard InChI is InChI=1S/C14H19BrN2O3/c1-4-20-13(18)5-6-17(3)14(19)11-7-10(15)8-12(16)9(11)2/h7-8H,4-6,16H2,1-3H3. The van der Waals surface area contributed by atoms with Crippen LogP contribution in [0.25, 0.3) is 0 Å². The quantitative estimate of drug-likeness (QED) is 0.658. The number of nitrogens with two attached hydrogens (primary N) is 1. The van der Waals surface area contributed by atoms with Crippen molar-refractivity contribution >= 4 is 33.5 Å². The summed E-state index contributed by atoms with van der Waals surface area (Å²) < 4.78 is 5.59. The van der Waals surface area contributed by atoms with E-state index in [1.807, 2.05) is 0 Å². The highest BCUT2D eigenvalue weighted by Gasteiger charge is 2.17. The molecular formula is C14H19BrN2O3. The summed E-state index contributed by atoms with van der Waals surface area (Å²) in [5, 5.41) is 0. The lowest BCUT2D eigenvalue weighted by molar-refractivity contribution is -0.143. The van der Waals surface area contributed by atoms with Crippen LogP contribution in [0.2, 0.25) is 0 Å². The maximum absolute atomic E-state index is 12.3. The summed E-state index contributed by atoms with van der Waals surface area (Å²) in [6.07, 6.45) is 0.179. The molecule has 0 saturated carbocycles. The first kappa shape index (κ1) is 16.5. The molecule has 20 heavy (non-hydrogen) atoms. The molecule has 0 aliphatic carbocycles. The van der Waals surface area contributed by atoms with Crippen molar-refractivity contribution < 1.29 is 14.3 Å². The highest BCUT2D eigenvalue weighted by molar-refractivity contribution is 9.10. The molecule has 0 radical (unpaired) electrons. The zero-order valence-corrected chi connectivity index (χ0v) is 13.5. The van der Waals surface area contributed by atoms with E-state index in [4.69, 9.17) is 10.5 Å². The molecule has 0 heterocycles. The SMILES string of the molecule is CCOC(=O)CCN(C)C(=O)c1cc(Br)cc(N)c1C. The minimum Gasteiger partial charge on any atom is -0.466 e. The summed E-state index contributed by atoms with van der Waals surface area (Å²) >= 11 is 3.32. The molecule has 0 bridgehead atoms. The first-order valence-corrected chi connectivity index (χ1v) is 7.12. The Labute approximate surface area is 127 Å². The number of rotatable bonds is 5. The molecule has 0 atom stereocenters. The van der Waals surface area contributed by atoms with Gasteiger partial charge in [-0.05, 0) is 31.5 Å². The average molecular weight is 343 g/mol. The summed E-state index contributed by atoms with van der Waals surface area (Å²) in [5.41, 5.74) is 7.67. The lowest BCUT2D eigenvalue weighted by atomic mass is 10.1. The van der Waals surface area contributed by atoms with Gasteiger partial charge in [-0.25, -0.2) is 0 Å². The molecule has 0 aromatic heterocycles. The Bertz CT molecular complexity index is 517. The van der Waals surface area contributed by atoms with E-state index in [1.165, 1.54) is 4.90 Å². The van der Waals surface area contributed by atoms with Gasteiger partial charge in [-0.2, -0.15) is 0 Å². The molecule has 0 aliphatic rings. The van der Waals surface area contributed by atoms with E-state index in [2.05, 4.69) is 15.9 Å². The third kappa shape index (κ3) is 4.23. The summed E-state index contributed by atoms with van der Waals surface area (Å²) in [7, 11) is 1.65. The maximum Gasteiger partial charge on any atom is 0.307 e. The lowest BCUT2D eigenvalue weighted by Crippen LogP contribution is -2.30. The van der Waals surface area contributed by atoms with Crippen molar-refractivity contribution in [3.63, 3.8) is 0 Å². The first-order valence-electron chi connectivity index (χ1n) is 6.33. The molecule has 0 saturated heterocycles. The number of nitrogens with zero attached hydrogens (tertiary/aromatic N) is 1. The number of nitrogen functional groups attached to an aromatic ring is 1. The summed E-state index contributed by atoms with van der Waals surface area (Å²) in [4.78, 5) is 25.1. The minimum atomic E-state index is -0.308. The Morgan fingerprint density at radius 3 is 2.65 bits per heavy atom. The van der Waals surface area contributed by atoms with Crippen molar-refractivity contribution in [3.05, 3.63) is 27.7 Å². The number of carbonyl (C=O) groups is 2. The van der Waals surface area contributed by atoms with Gasteiger partial charge in [0.05, 0.1) is 13.0 Å². The van der Waals surface area contributed by atoms with E-state index in [0.717, 1.165) is 10.0 Å². The Hall–Kier alpha value is -1.56. The van der Waals surface area contributed by atoms with Gasteiger partial charge in [0.25, 0.3) is 5.91 Å². The average Bonchev–Trinajstić information content (AvgIpc) is 2.39. The van der Waals surface area contributed by atoms with Gasteiger partial charge in [0.15, 0.2) is 0 Å². The lowest BCUT2D eigenvalue weighted by Gasteiger charge is -2.18. The largest absolute Gasteiger partial charge is 0.466 e. The number of hydrogen-bond donors (Lipinski definition) is 1. The van der Waals surface area contributed by atoms with Crippen LogP contribution in [-0.4, -0.2) is 37.0 Å². The molecule has 6 heteroatoms. The normalized spacial score (nSPS) is 10.2. The number of esters is 1. The van der Waals surface area contributed by atoms with Crippen molar-refractivity contribution in [1.29, 1.82) is 0 Å². The van der Waals surface area contributed by atoms with Crippen molar-refractivity contribution in [2.24, 2.45) is 0 Å². The highest BCUT2D eigenvalue weighted by Crippen LogP contribution is 2.23. The van der Waals surface area contributed by atoms with Crippen molar-refractivity contribution in [2.75, 3.05) is 25.9 Å². The fourth-order valence-electron chi connectivity index (χ4n) is 1.72. The molecule has 2 N–H and O–H groups in total. The van der Waals surface area contributed by atoms with E-state index in [-0.39, 0.29) is 18.3 Å². The fourth-order valence-corrected chi connectivity index (χ4v) is 2.20. The van der Waals surface area contributed by atoms with Gasteiger partial charge in [0.2, 0.25) is 0 Å². The Morgan fingerprint density at radius 1 is 1.40 bits per heavy atom. The fraction of sp³-hybridized carbons (Fsp3) is 0.429. The second kappa shape index (κ2) is 7.28. The van der Waals surface area contributed by atoms with Crippen LogP contribution in [0.3, 0.4) is 0 Å². The number of amides is 1. The highest BCUT2D eigenvalue weighted by atomic mass is 79.9. The van der Waals surface area contributed by atoms with E-state index in [1.54, 1.807) is 33.0 Å². The monoisotopic (exact) mass is 342 g/mol. The molecule has 0 spiro atoms. The zero-order valence-electron chi connectivity index (χ0n) is 11.9. The van der Waals surface area contributed by atoms with Gasteiger partial charge in [0.1, 0.15) is 0 Å². The Morgan fingerprint density at radius 2 is 2.05 bits per heavy atom. The Balaban J connectivity index is 2.77. The molecule has 110 valence electrons. The molecule has 1 aromatic carbocycles. The summed E-state index contributed by atoms with van der Waals surface area (Å²) in [6.45, 7) is 4.20. The van der Waals surface area contributed by atoms with Gasteiger partial charge in [-0.3, -0.25) is 9.59 Å². The number of ether oxygens (including phenoxy) is 1. The number of hydrogen-bond acceptors (Lipinski definition) is 4. The van der Waals surface area contributed by atoms with E-state index >= 15 is 0 Å². The number of carbonyl (C=O) groups excluding carboxylic acids is 2. The van der Waals surface area contributed by atoms with Crippen LogP contribution in [0.5, 0.6) is 0 Å². The van der Waals surface area contributed by atoms with Crippen molar-refractivity contribution in [2.45, 2.75) is 20.3 Å². The van der Waals surface area contributed by atoms with Crippen LogP contribution >= 0.6 is 15.9 Å². The van der Waals surface area contributed by atoms with Crippen LogP contribution in [-0.2, 0) is 9.53 Å². The summed E-state index contributed by atoms with van der Waals surface area (Å²) in [6, 6.07) is 3.49. The molecule has 5 nitrogen and oxygen atoms in total. The van der Waals surface area contributed by atoms with Gasteiger partial charge < -0.3 is 15.4 Å². The minimum absolute atomic E-state index is 0.167. The van der Waals surface area contributed by atoms with E-state index in [9.17, 15) is 9.59 Å². The van der Waals surface area contributed by atoms with Crippen molar-refractivity contribution in [1.82, 2.24) is 4.90 Å². The molecule has 1 aromatic rings. The van der Waals surface area contributed by atoms with Crippen LogP contribution in [0, 0.1) is 6.92 Å². The van der Waals surface area contributed by atoms with Gasteiger partial charge >= 0.3 is 5.97 Å². The summed E-state index contributed by atoms with van der Waals surface area (Å²) in [5.74, 6) is -0.475. The van der Waals surface area contributed by atoms with Crippen LogP contribution in [0.15, 0.2) is 16.6 Å². The predicted octanol–water partition coefficient (Wildman–Crippen LogP) is 2.36. The molecular weight excluding hydrogens is 324 g/mol. The van der Waals surface area contributed by atoms with Gasteiger partial charge in [0, 0.05) is 29.3 Å². The van der Waals surface area contributed by atoms with Gasteiger partial charge in [-0.15, -0.1) is 0 Å². The zero-order chi connectivity index (χ0) is 15.3. The van der Waals surface area contributed by atoms with E-state index in [0.29, 0.717) is 24.4 Å². The third-order valence-corrected chi connectivity index (χ3v) is 3.40. The second-order valence-electron chi connectivity index (χ2n) is 4.45. The number of benzene rings is 1. The molecule has 1 rings (SSSR count). The molecule has 0 unspecified atom stereocenters. The molecule has 0 fully saturated rings. The predicted molar refractivity (Wildman–Crippen MR) is 81.5 cm³/mol. The van der Waals surface area contributed by atoms with Crippen molar-refractivity contribution in [3.8, 4) is 0 Å². The molecule has 0 aliphatic heterocycles. The van der Waals surface area contributed by atoms with E-state index < -0.39 is 0 Å². The van der Waals surface area contributed by atoms with Crippen LogP contribution in [0.4, 0.5) is 5.69 Å². The number of halogens is 1.